The molecule has 0 atom stereocenters. The Labute approximate surface area is 181 Å². The van der Waals surface area contributed by atoms with E-state index in [0.29, 0.717) is 28.1 Å². The number of amides is 3. The molecule has 2 N–H and O–H groups in total. The van der Waals surface area contributed by atoms with Crippen LogP contribution in [-0.4, -0.2) is 25.0 Å². The summed E-state index contributed by atoms with van der Waals surface area (Å²) in [7, 11) is 2.07. The van der Waals surface area contributed by atoms with Crippen molar-refractivity contribution in [2.24, 2.45) is 0 Å². The number of nitrogens with zero attached hydrogens (tertiary/aromatic N) is 2. The van der Waals surface area contributed by atoms with Crippen LogP contribution in [0.1, 0.15) is 32.6 Å². The van der Waals surface area contributed by atoms with E-state index in [4.69, 9.17) is 11.6 Å². The molecule has 1 aliphatic rings. The van der Waals surface area contributed by atoms with E-state index >= 15 is 0 Å². The molecule has 2 aromatic rings. The fourth-order valence-electron chi connectivity index (χ4n) is 3.54. The lowest BCUT2D eigenvalue weighted by Crippen LogP contribution is -2.29. The van der Waals surface area contributed by atoms with Crippen LogP contribution in [0.15, 0.2) is 42.5 Å². The van der Waals surface area contributed by atoms with Crippen molar-refractivity contribution in [3.8, 4) is 0 Å². The smallest absolute Gasteiger partial charge is 0.336 e. The van der Waals surface area contributed by atoms with Crippen LogP contribution in [0.2, 0.25) is 5.02 Å². The molecular formula is C21H25ClN4O2S. The van der Waals surface area contributed by atoms with Gasteiger partial charge in [-0.2, -0.15) is 0 Å². The zero-order chi connectivity index (χ0) is 21.0. The fourth-order valence-corrected chi connectivity index (χ4v) is 4.04. The number of rotatable bonds is 5. The first-order valence-electron chi connectivity index (χ1n) is 9.55. The van der Waals surface area contributed by atoms with Gasteiger partial charge in [0.15, 0.2) is 0 Å². The molecule has 1 saturated carbocycles. The Morgan fingerprint density at radius 2 is 1.66 bits per heavy atom. The first kappa shape index (κ1) is 21.3. The number of nitrogens with one attached hydrogen (secondary N) is 2. The molecule has 1 aliphatic carbocycles. The van der Waals surface area contributed by atoms with Crippen molar-refractivity contribution in [2.75, 3.05) is 26.9 Å². The Morgan fingerprint density at radius 1 is 1.03 bits per heavy atom. The lowest BCUT2D eigenvalue weighted by atomic mass is 10.2. The van der Waals surface area contributed by atoms with Crippen LogP contribution in [0.3, 0.4) is 0 Å². The minimum atomic E-state index is -0.409. The van der Waals surface area contributed by atoms with Gasteiger partial charge in [0, 0.05) is 31.4 Å². The zero-order valence-corrected chi connectivity index (χ0v) is 18.1. The number of halogens is 1. The third-order valence-electron chi connectivity index (χ3n) is 5.08. The third kappa shape index (κ3) is 5.36. The van der Waals surface area contributed by atoms with Gasteiger partial charge in [0.25, 0.3) is 0 Å². The Morgan fingerprint density at radius 3 is 2.24 bits per heavy atom. The van der Waals surface area contributed by atoms with Gasteiger partial charge >= 0.3 is 6.03 Å². The number of carbonyl (C=O) groups is 2. The van der Waals surface area contributed by atoms with Crippen molar-refractivity contribution < 1.29 is 9.59 Å². The second-order valence-electron chi connectivity index (χ2n) is 7.19. The molecule has 0 aliphatic heterocycles. The maximum Gasteiger partial charge on any atom is 0.336 e. The SMILES string of the molecule is CC(=O)Nc1ccc(N(S)C(=O)Nc2ccc(N(C)C3CCCC3)c(Cl)c2)cc1. The van der Waals surface area contributed by atoms with Gasteiger partial charge in [-0.05, 0) is 55.3 Å². The number of anilines is 4. The van der Waals surface area contributed by atoms with E-state index in [2.05, 4.69) is 35.4 Å². The maximum absolute atomic E-state index is 12.5. The molecular weight excluding hydrogens is 408 g/mol. The van der Waals surface area contributed by atoms with E-state index in [1.807, 2.05) is 12.1 Å². The minimum Gasteiger partial charge on any atom is -0.370 e. The average Bonchev–Trinajstić information content (AvgIpc) is 3.22. The molecule has 0 aromatic heterocycles. The van der Waals surface area contributed by atoms with Gasteiger partial charge < -0.3 is 15.5 Å². The molecule has 0 radical (unpaired) electrons. The highest BCUT2D eigenvalue weighted by Gasteiger charge is 2.21. The molecule has 3 rings (SSSR count). The van der Waals surface area contributed by atoms with Crippen LogP contribution in [0, 0.1) is 0 Å². The Balaban J connectivity index is 1.65. The number of carbonyl (C=O) groups excluding carboxylic acids is 2. The summed E-state index contributed by atoms with van der Waals surface area (Å²) >= 11 is 10.8. The standard InChI is InChI=1S/C21H25ClN4O2S/c1-14(27)23-15-7-10-18(11-8-15)26(29)21(28)24-16-9-12-20(19(22)13-16)25(2)17-5-3-4-6-17/h7-13,17,29H,3-6H2,1-2H3,(H,23,27)(H,24,28). The third-order valence-corrected chi connectivity index (χ3v) is 5.79. The van der Waals surface area contributed by atoms with E-state index in [1.165, 1.54) is 36.9 Å². The normalized spacial score (nSPS) is 13.8. The minimum absolute atomic E-state index is 0.155. The molecule has 8 heteroatoms. The van der Waals surface area contributed by atoms with Crippen molar-refractivity contribution in [1.29, 1.82) is 0 Å². The molecule has 1 fully saturated rings. The number of hydrogen-bond donors (Lipinski definition) is 3. The van der Waals surface area contributed by atoms with E-state index in [0.717, 1.165) is 5.69 Å². The Bertz CT molecular complexity index is 885. The summed E-state index contributed by atoms with van der Waals surface area (Å²) in [5.41, 5.74) is 2.78. The number of thiol groups is 1. The van der Waals surface area contributed by atoms with Gasteiger partial charge in [-0.3, -0.25) is 4.79 Å². The molecule has 6 nitrogen and oxygen atoms in total. The quantitative estimate of drug-likeness (QED) is 0.542. The second kappa shape index (κ2) is 9.41. The molecule has 29 heavy (non-hydrogen) atoms. The van der Waals surface area contributed by atoms with E-state index < -0.39 is 6.03 Å². The molecule has 0 bridgehead atoms. The molecule has 3 amide bonds. The van der Waals surface area contributed by atoms with Crippen molar-refractivity contribution in [2.45, 2.75) is 38.6 Å². The highest BCUT2D eigenvalue weighted by Crippen LogP contribution is 2.33. The molecule has 0 saturated heterocycles. The summed E-state index contributed by atoms with van der Waals surface area (Å²) in [6.07, 6.45) is 4.87. The Hall–Kier alpha value is -2.38. The van der Waals surface area contributed by atoms with Crippen LogP contribution < -0.4 is 19.8 Å². The van der Waals surface area contributed by atoms with E-state index in [1.54, 1.807) is 30.3 Å². The first-order chi connectivity index (χ1) is 13.8. The molecule has 2 aromatic carbocycles. The number of hydrogen-bond acceptors (Lipinski definition) is 4. The summed E-state index contributed by atoms with van der Waals surface area (Å²) in [6.45, 7) is 1.44. The number of urea groups is 1. The second-order valence-corrected chi connectivity index (χ2v) is 7.99. The predicted molar refractivity (Wildman–Crippen MR) is 123 cm³/mol. The van der Waals surface area contributed by atoms with Crippen molar-refractivity contribution in [3.05, 3.63) is 47.5 Å². The average molecular weight is 433 g/mol. The topological polar surface area (TPSA) is 64.7 Å². The van der Waals surface area contributed by atoms with Crippen LogP contribution in [0.5, 0.6) is 0 Å². The fraction of sp³-hybridized carbons (Fsp3) is 0.333. The maximum atomic E-state index is 12.5. The van der Waals surface area contributed by atoms with E-state index in [9.17, 15) is 9.59 Å². The summed E-state index contributed by atoms with van der Waals surface area (Å²) in [4.78, 5) is 25.9. The lowest BCUT2D eigenvalue weighted by molar-refractivity contribution is -0.114. The summed E-state index contributed by atoms with van der Waals surface area (Å²) in [6, 6.07) is 12.4. The first-order valence-corrected chi connectivity index (χ1v) is 10.3. The molecule has 0 spiro atoms. The Kier molecular flexibility index (Phi) is 6.92. The monoisotopic (exact) mass is 432 g/mol. The van der Waals surface area contributed by atoms with Gasteiger partial charge in [0.05, 0.1) is 16.4 Å². The highest BCUT2D eigenvalue weighted by atomic mass is 35.5. The molecule has 154 valence electrons. The van der Waals surface area contributed by atoms with Gasteiger partial charge in [-0.1, -0.05) is 37.3 Å². The van der Waals surface area contributed by atoms with E-state index in [-0.39, 0.29) is 5.91 Å². The van der Waals surface area contributed by atoms with Crippen LogP contribution >= 0.6 is 24.4 Å². The lowest BCUT2D eigenvalue weighted by Gasteiger charge is -2.27. The highest BCUT2D eigenvalue weighted by molar-refractivity contribution is 7.82. The van der Waals surface area contributed by atoms with Crippen molar-refractivity contribution >= 4 is 59.1 Å². The van der Waals surface area contributed by atoms with Crippen molar-refractivity contribution in [3.63, 3.8) is 0 Å². The number of benzene rings is 2. The van der Waals surface area contributed by atoms with Crippen molar-refractivity contribution in [1.82, 2.24) is 0 Å². The van der Waals surface area contributed by atoms with Gasteiger partial charge in [-0.25, -0.2) is 9.10 Å². The summed E-state index contributed by atoms with van der Waals surface area (Å²) in [5, 5.41) is 6.08. The van der Waals surface area contributed by atoms with Gasteiger partial charge in [0.2, 0.25) is 5.91 Å². The molecule has 0 heterocycles. The van der Waals surface area contributed by atoms with Gasteiger partial charge in [0.1, 0.15) is 0 Å². The zero-order valence-electron chi connectivity index (χ0n) is 16.5. The largest absolute Gasteiger partial charge is 0.370 e. The van der Waals surface area contributed by atoms with Crippen LogP contribution in [0.25, 0.3) is 0 Å². The van der Waals surface area contributed by atoms with Crippen LogP contribution in [-0.2, 0) is 4.79 Å². The summed E-state index contributed by atoms with van der Waals surface area (Å²) in [5.74, 6) is -0.155. The molecule has 0 unspecified atom stereocenters. The van der Waals surface area contributed by atoms with Gasteiger partial charge in [-0.15, -0.1) is 0 Å². The van der Waals surface area contributed by atoms with Crippen LogP contribution in [0.4, 0.5) is 27.5 Å². The predicted octanol–water partition coefficient (Wildman–Crippen LogP) is 5.56. The summed E-state index contributed by atoms with van der Waals surface area (Å²) < 4.78 is 1.20.